The normalized spacial score (nSPS) is 12.5. The van der Waals surface area contributed by atoms with E-state index in [2.05, 4.69) is 44.3 Å². The van der Waals surface area contributed by atoms with Gasteiger partial charge in [0, 0.05) is 18.8 Å². The van der Waals surface area contributed by atoms with Crippen molar-refractivity contribution in [1.82, 2.24) is 0 Å². The monoisotopic (exact) mass is 207 g/mol. The van der Waals surface area contributed by atoms with Crippen LogP contribution in [-0.2, 0) is 0 Å². The molecule has 2 heteroatoms. The first-order valence-corrected chi connectivity index (χ1v) is 5.58. The molecule has 84 valence electrons. The summed E-state index contributed by atoms with van der Waals surface area (Å²) in [5.74, 6) is 0.353. The van der Waals surface area contributed by atoms with E-state index in [1.165, 1.54) is 11.1 Å². The lowest BCUT2D eigenvalue weighted by Gasteiger charge is -2.14. The first-order chi connectivity index (χ1) is 7.15. The topological polar surface area (TPSA) is 32.3 Å². The quantitative estimate of drug-likeness (QED) is 0.778. The number of aryl methyl sites for hydroxylation is 2. The molecule has 0 aliphatic rings. The summed E-state index contributed by atoms with van der Waals surface area (Å²) < 4.78 is 0. The zero-order valence-corrected chi connectivity index (χ0v) is 9.88. The minimum atomic E-state index is 0.258. The van der Waals surface area contributed by atoms with Gasteiger partial charge in [0.15, 0.2) is 0 Å². The number of hydrogen-bond acceptors (Lipinski definition) is 2. The number of aliphatic hydroxyl groups excluding tert-OH is 1. The second kappa shape index (κ2) is 5.76. The van der Waals surface area contributed by atoms with E-state index in [0.29, 0.717) is 5.92 Å². The highest BCUT2D eigenvalue weighted by atomic mass is 16.3. The molecule has 0 saturated carbocycles. The molecule has 0 amide bonds. The standard InChI is InChI=1S/C13H21NO/c1-4-12(9-15)8-14-13-6-10(2)5-11(3)7-13/h5-7,12,14-15H,4,8-9H2,1-3H3. The third-order valence-corrected chi connectivity index (χ3v) is 2.65. The summed E-state index contributed by atoms with van der Waals surface area (Å²) >= 11 is 0. The average molecular weight is 207 g/mol. The summed E-state index contributed by atoms with van der Waals surface area (Å²) in [6.45, 7) is 7.40. The Hall–Kier alpha value is -1.02. The molecule has 0 aromatic heterocycles. The van der Waals surface area contributed by atoms with Crippen LogP contribution in [0.1, 0.15) is 24.5 Å². The molecule has 2 nitrogen and oxygen atoms in total. The van der Waals surface area contributed by atoms with Gasteiger partial charge in [-0.1, -0.05) is 13.0 Å². The van der Waals surface area contributed by atoms with Crippen molar-refractivity contribution in [3.8, 4) is 0 Å². The number of hydrogen-bond donors (Lipinski definition) is 2. The lowest BCUT2D eigenvalue weighted by Crippen LogP contribution is -2.17. The van der Waals surface area contributed by atoms with E-state index in [9.17, 15) is 0 Å². The maximum absolute atomic E-state index is 9.07. The van der Waals surface area contributed by atoms with Crippen LogP contribution in [0.15, 0.2) is 18.2 Å². The maximum atomic E-state index is 9.07. The largest absolute Gasteiger partial charge is 0.396 e. The summed E-state index contributed by atoms with van der Waals surface area (Å²) in [6.07, 6.45) is 1.01. The predicted octanol–water partition coefficient (Wildman–Crippen LogP) is 2.73. The Morgan fingerprint density at radius 3 is 2.27 bits per heavy atom. The number of nitrogens with one attached hydrogen (secondary N) is 1. The Bertz CT molecular complexity index is 285. The van der Waals surface area contributed by atoms with Crippen molar-refractivity contribution in [3.05, 3.63) is 29.3 Å². The fraction of sp³-hybridized carbons (Fsp3) is 0.538. The second-order valence-electron chi connectivity index (χ2n) is 4.21. The number of anilines is 1. The molecular formula is C13H21NO. The van der Waals surface area contributed by atoms with Gasteiger partial charge in [-0.05, 0) is 49.4 Å². The van der Waals surface area contributed by atoms with E-state index in [1.54, 1.807) is 0 Å². The highest BCUT2D eigenvalue weighted by molar-refractivity contribution is 5.48. The Morgan fingerprint density at radius 1 is 1.20 bits per heavy atom. The summed E-state index contributed by atoms with van der Waals surface area (Å²) in [5, 5.41) is 12.4. The van der Waals surface area contributed by atoms with Crippen molar-refractivity contribution in [2.24, 2.45) is 5.92 Å². The molecule has 0 spiro atoms. The molecule has 0 aliphatic heterocycles. The molecular weight excluding hydrogens is 186 g/mol. The SMILES string of the molecule is CCC(CO)CNc1cc(C)cc(C)c1. The molecule has 0 bridgehead atoms. The van der Waals surface area contributed by atoms with E-state index in [1.807, 2.05) is 0 Å². The molecule has 0 fully saturated rings. The first-order valence-electron chi connectivity index (χ1n) is 5.58. The van der Waals surface area contributed by atoms with Gasteiger partial charge >= 0.3 is 0 Å². The third-order valence-electron chi connectivity index (χ3n) is 2.65. The number of benzene rings is 1. The molecule has 0 aliphatic carbocycles. The van der Waals surface area contributed by atoms with Crippen molar-refractivity contribution in [2.75, 3.05) is 18.5 Å². The van der Waals surface area contributed by atoms with Crippen LogP contribution in [0.3, 0.4) is 0 Å². The van der Waals surface area contributed by atoms with Crippen LogP contribution in [0.25, 0.3) is 0 Å². The second-order valence-corrected chi connectivity index (χ2v) is 4.21. The molecule has 0 saturated heterocycles. The highest BCUT2D eigenvalue weighted by Gasteiger charge is 2.04. The minimum Gasteiger partial charge on any atom is -0.396 e. The van der Waals surface area contributed by atoms with E-state index in [-0.39, 0.29) is 6.61 Å². The van der Waals surface area contributed by atoms with Gasteiger partial charge in [-0.2, -0.15) is 0 Å². The van der Waals surface area contributed by atoms with E-state index >= 15 is 0 Å². The smallest absolute Gasteiger partial charge is 0.0475 e. The number of aliphatic hydroxyl groups is 1. The van der Waals surface area contributed by atoms with Crippen LogP contribution in [-0.4, -0.2) is 18.3 Å². The summed E-state index contributed by atoms with van der Waals surface area (Å²) in [4.78, 5) is 0. The Labute approximate surface area is 92.3 Å². The van der Waals surface area contributed by atoms with Crippen LogP contribution in [0.5, 0.6) is 0 Å². The molecule has 1 atom stereocenters. The predicted molar refractivity (Wildman–Crippen MR) is 65.3 cm³/mol. The van der Waals surface area contributed by atoms with Gasteiger partial charge in [0.1, 0.15) is 0 Å². The lowest BCUT2D eigenvalue weighted by atomic mass is 10.1. The molecule has 0 radical (unpaired) electrons. The van der Waals surface area contributed by atoms with Crippen LogP contribution in [0, 0.1) is 19.8 Å². The zero-order chi connectivity index (χ0) is 11.3. The zero-order valence-electron chi connectivity index (χ0n) is 9.88. The Kier molecular flexibility index (Phi) is 4.63. The van der Waals surface area contributed by atoms with E-state index in [0.717, 1.165) is 18.7 Å². The Morgan fingerprint density at radius 2 is 1.80 bits per heavy atom. The average Bonchev–Trinajstić information content (AvgIpc) is 2.18. The summed E-state index contributed by atoms with van der Waals surface area (Å²) in [6, 6.07) is 6.43. The van der Waals surface area contributed by atoms with Crippen molar-refractivity contribution in [1.29, 1.82) is 0 Å². The third kappa shape index (κ3) is 3.92. The molecule has 1 unspecified atom stereocenters. The summed E-state index contributed by atoms with van der Waals surface area (Å²) in [5.41, 5.74) is 3.70. The van der Waals surface area contributed by atoms with Crippen molar-refractivity contribution >= 4 is 5.69 Å². The van der Waals surface area contributed by atoms with Crippen molar-refractivity contribution in [2.45, 2.75) is 27.2 Å². The molecule has 1 aromatic rings. The van der Waals surface area contributed by atoms with Crippen LogP contribution < -0.4 is 5.32 Å². The van der Waals surface area contributed by atoms with Crippen LogP contribution in [0.2, 0.25) is 0 Å². The van der Waals surface area contributed by atoms with Gasteiger partial charge < -0.3 is 10.4 Å². The molecule has 1 rings (SSSR count). The number of rotatable bonds is 5. The highest BCUT2D eigenvalue weighted by Crippen LogP contribution is 2.14. The minimum absolute atomic E-state index is 0.258. The fourth-order valence-corrected chi connectivity index (χ4v) is 1.68. The summed E-state index contributed by atoms with van der Waals surface area (Å²) in [7, 11) is 0. The van der Waals surface area contributed by atoms with Gasteiger partial charge in [-0.15, -0.1) is 0 Å². The van der Waals surface area contributed by atoms with Gasteiger partial charge in [0.2, 0.25) is 0 Å². The molecule has 1 aromatic carbocycles. The van der Waals surface area contributed by atoms with Gasteiger partial charge in [0.25, 0.3) is 0 Å². The van der Waals surface area contributed by atoms with Gasteiger partial charge in [0.05, 0.1) is 0 Å². The maximum Gasteiger partial charge on any atom is 0.0475 e. The fourth-order valence-electron chi connectivity index (χ4n) is 1.68. The van der Waals surface area contributed by atoms with Crippen LogP contribution >= 0.6 is 0 Å². The molecule has 2 N–H and O–H groups in total. The van der Waals surface area contributed by atoms with Crippen molar-refractivity contribution in [3.63, 3.8) is 0 Å². The van der Waals surface area contributed by atoms with E-state index in [4.69, 9.17) is 5.11 Å². The van der Waals surface area contributed by atoms with Crippen molar-refractivity contribution < 1.29 is 5.11 Å². The van der Waals surface area contributed by atoms with E-state index < -0.39 is 0 Å². The molecule has 15 heavy (non-hydrogen) atoms. The molecule has 0 heterocycles. The van der Waals surface area contributed by atoms with Gasteiger partial charge in [-0.3, -0.25) is 0 Å². The Balaban J connectivity index is 2.57. The van der Waals surface area contributed by atoms with Crippen LogP contribution in [0.4, 0.5) is 5.69 Å². The lowest BCUT2D eigenvalue weighted by molar-refractivity contribution is 0.230. The first kappa shape index (κ1) is 12.1. The van der Waals surface area contributed by atoms with Gasteiger partial charge in [-0.25, -0.2) is 0 Å².